The predicted molar refractivity (Wildman–Crippen MR) is 87.4 cm³/mol. The van der Waals surface area contributed by atoms with Gasteiger partial charge in [0.1, 0.15) is 5.75 Å². The van der Waals surface area contributed by atoms with E-state index in [2.05, 4.69) is 32.9 Å². The molecule has 1 unspecified atom stereocenters. The summed E-state index contributed by atoms with van der Waals surface area (Å²) >= 11 is 0. The first-order valence-corrected chi connectivity index (χ1v) is 8.00. The predicted octanol–water partition coefficient (Wildman–Crippen LogP) is 5.06. The van der Waals surface area contributed by atoms with Gasteiger partial charge in [0.05, 0.1) is 7.11 Å². The lowest BCUT2D eigenvalue weighted by atomic mass is 9.96. The van der Waals surface area contributed by atoms with Crippen molar-refractivity contribution in [2.45, 2.75) is 71.8 Å². The number of benzene rings is 1. The highest BCUT2D eigenvalue weighted by Crippen LogP contribution is 2.28. The molecule has 0 aliphatic rings. The highest BCUT2D eigenvalue weighted by Gasteiger charge is 2.10. The van der Waals surface area contributed by atoms with Crippen LogP contribution >= 0.6 is 0 Å². The van der Waals surface area contributed by atoms with E-state index in [9.17, 15) is 0 Å². The fourth-order valence-electron chi connectivity index (χ4n) is 2.83. The molecular formula is C18H31NO. The second-order valence-corrected chi connectivity index (χ2v) is 5.85. The van der Waals surface area contributed by atoms with E-state index in [4.69, 9.17) is 10.5 Å². The third-order valence-electron chi connectivity index (χ3n) is 3.98. The van der Waals surface area contributed by atoms with Crippen LogP contribution in [-0.2, 0) is 0 Å². The molecule has 0 aliphatic heterocycles. The third-order valence-corrected chi connectivity index (χ3v) is 3.98. The lowest BCUT2D eigenvalue weighted by molar-refractivity contribution is 0.408. The first kappa shape index (κ1) is 17.0. The molecule has 20 heavy (non-hydrogen) atoms. The van der Waals surface area contributed by atoms with Crippen molar-refractivity contribution in [3.05, 3.63) is 28.8 Å². The summed E-state index contributed by atoms with van der Waals surface area (Å²) in [6.45, 7) is 6.43. The smallest absolute Gasteiger partial charge is 0.124 e. The molecule has 0 bridgehead atoms. The average Bonchev–Trinajstić information content (AvgIpc) is 2.42. The van der Waals surface area contributed by atoms with Gasteiger partial charge in [-0.25, -0.2) is 0 Å². The summed E-state index contributed by atoms with van der Waals surface area (Å²) in [7, 11) is 1.73. The Morgan fingerprint density at radius 1 is 1.00 bits per heavy atom. The average molecular weight is 277 g/mol. The summed E-state index contributed by atoms with van der Waals surface area (Å²) in [6, 6.07) is 4.51. The molecule has 0 aromatic heterocycles. The van der Waals surface area contributed by atoms with Crippen LogP contribution in [0.2, 0.25) is 0 Å². The van der Waals surface area contributed by atoms with E-state index in [1.807, 2.05) is 0 Å². The lowest BCUT2D eigenvalue weighted by Gasteiger charge is -2.16. The van der Waals surface area contributed by atoms with Crippen LogP contribution in [0.1, 0.15) is 74.6 Å². The molecule has 1 aromatic carbocycles. The van der Waals surface area contributed by atoms with Gasteiger partial charge >= 0.3 is 0 Å². The minimum absolute atomic E-state index is 0.157. The number of unbranched alkanes of at least 4 members (excludes halogenated alkanes) is 5. The second kappa shape index (κ2) is 9.02. The molecule has 0 saturated carbocycles. The molecule has 1 rings (SSSR count). The fraction of sp³-hybridized carbons (Fsp3) is 0.667. The maximum Gasteiger partial charge on any atom is 0.124 e. The van der Waals surface area contributed by atoms with E-state index in [1.165, 1.54) is 55.2 Å². The van der Waals surface area contributed by atoms with Gasteiger partial charge in [-0.1, -0.05) is 57.6 Å². The molecule has 2 nitrogen and oxygen atoms in total. The Bertz CT molecular complexity index is 377. The number of nitrogens with two attached hydrogens (primary N) is 1. The Hall–Kier alpha value is -1.02. The maximum absolute atomic E-state index is 6.32. The minimum Gasteiger partial charge on any atom is -0.496 e. The van der Waals surface area contributed by atoms with Crippen LogP contribution in [0.3, 0.4) is 0 Å². The molecular weight excluding hydrogens is 246 g/mol. The van der Waals surface area contributed by atoms with Gasteiger partial charge in [0.25, 0.3) is 0 Å². The van der Waals surface area contributed by atoms with Gasteiger partial charge in [-0.2, -0.15) is 0 Å². The molecule has 1 aromatic rings. The lowest BCUT2D eigenvalue weighted by Crippen LogP contribution is -2.11. The van der Waals surface area contributed by atoms with Crippen molar-refractivity contribution in [1.29, 1.82) is 0 Å². The highest BCUT2D eigenvalue weighted by atomic mass is 16.5. The number of ether oxygens (including phenoxy) is 1. The Balaban J connectivity index is 2.45. The molecule has 2 N–H and O–H groups in total. The van der Waals surface area contributed by atoms with Crippen molar-refractivity contribution in [2.75, 3.05) is 7.11 Å². The monoisotopic (exact) mass is 277 g/mol. The number of rotatable bonds is 9. The third kappa shape index (κ3) is 5.16. The van der Waals surface area contributed by atoms with E-state index in [0.717, 1.165) is 12.2 Å². The Labute approximate surface area is 124 Å². The molecule has 1 atom stereocenters. The van der Waals surface area contributed by atoms with Gasteiger partial charge in [-0.3, -0.25) is 0 Å². The van der Waals surface area contributed by atoms with Crippen molar-refractivity contribution in [3.63, 3.8) is 0 Å². The maximum atomic E-state index is 6.32. The topological polar surface area (TPSA) is 35.2 Å². The summed E-state index contributed by atoms with van der Waals surface area (Å²) in [6.07, 6.45) is 9.01. The Morgan fingerprint density at radius 3 is 2.10 bits per heavy atom. The van der Waals surface area contributed by atoms with E-state index >= 15 is 0 Å². The van der Waals surface area contributed by atoms with Crippen LogP contribution in [-0.4, -0.2) is 7.11 Å². The normalized spacial score (nSPS) is 12.4. The van der Waals surface area contributed by atoms with Crippen LogP contribution in [0, 0.1) is 13.8 Å². The van der Waals surface area contributed by atoms with Crippen LogP contribution in [0.25, 0.3) is 0 Å². The zero-order valence-corrected chi connectivity index (χ0v) is 13.7. The minimum atomic E-state index is 0.157. The van der Waals surface area contributed by atoms with Crippen molar-refractivity contribution >= 4 is 0 Å². The Kier molecular flexibility index (Phi) is 7.68. The highest BCUT2D eigenvalue weighted by molar-refractivity contribution is 5.44. The van der Waals surface area contributed by atoms with Gasteiger partial charge in [0.2, 0.25) is 0 Å². The van der Waals surface area contributed by atoms with Crippen LogP contribution in [0.5, 0.6) is 5.75 Å². The largest absolute Gasteiger partial charge is 0.496 e. The van der Waals surface area contributed by atoms with Crippen molar-refractivity contribution in [3.8, 4) is 5.75 Å². The van der Waals surface area contributed by atoms with Gasteiger partial charge < -0.3 is 10.5 Å². The van der Waals surface area contributed by atoms with Crippen molar-refractivity contribution in [1.82, 2.24) is 0 Å². The summed E-state index contributed by atoms with van der Waals surface area (Å²) in [4.78, 5) is 0. The molecule has 0 saturated heterocycles. The van der Waals surface area contributed by atoms with Crippen LogP contribution < -0.4 is 10.5 Å². The van der Waals surface area contributed by atoms with Gasteiger partial charge in [0.15, 0.2) is 0 Å². The molecule has 0 aliphatic carbocycles. The van der Waals surface area contributed by atoms with Gasteiger partial charge in [-0.15, -0.1) is 0 Å². The summed E-state index contributed by atoms with van der Waals surface area (Å²) in [5, 5.41) is 0. The fourth-order valence-corrected chi connectivity index (χ4v) is 2.83. The molecule has 0 radical (unpaired) electrons. The van der Waals surface area contributed by atoms with E-state index in [1.54, 1.807) is 7.11 Å². The zero-order valence-electron chi connectivity index (χ0n) is 13.7. The second-order valence-electron chi connectivity index (χ2n) is 5.85. The Morgan fingerprint density at radius 2 is 1.55 bits per heavy atom. The van der Waals surface area contributed by atoms with E-state index < -0.39 is 0 Å². The molecule has 0 fully saturated rings. The molecule has 0 spiro atoms. The number of methoxy groups -OCH3 is 1. The van der Waals surface area contributed by atoms with Crippen molar-refractivity contribution in [2.24, 2.45) is 5.73 Å². The van der Waals surface area contributed by atoms with Crippen LogP contribution in [0.4, 0.5) is 0 Å². The molecule has 0 amide bonds. The first-order valence-electron chi connectivity index (χ1n) is 8.00. The van der Waals surface area contributed by atoms with Crippen LogP contribution in [0.15, 0.2) is 12.1 Å². The number of aryl methyl sites for hydroxylation is 2. The molecule has 114 valence electrons. The standard InChI is InChI=1S/C18H31NO/c1-5-6-7-8-9-10-11-17(19)16-12-14(2)18(20-4)15(3)13-16/h12-13,17H,5-11,19H2,1-4H3. The zero-order chi connectivity index (χ0) is 15.0. The van der Waals surface area contributed by atoms with Gasteiger partial charge in [-0.05, 0) is 37.0 Å². The van der Waals surface area contributed by atoms with E-state index in [0.29, 0.717) is 0 Å². The quantitative estimate of drug-likeness (QED) is 0.640. The van der Waals surface area contributed by atoms with E-state index in [-0.39, 0.29) is 6.04 Å². The van der Waals surface area contributed by atoms with Crippen molar-refractivity contribution < 1.29 is 4.74 Å². The summed E-state index contributed by atoms with van der Waals surface area (Å²) in [5.41, 5.74) is 9.93. The summed E-state index contributed by atoms with van der Waals surface area (Å²) < 4.78 is 5.41. The number of hydrogen-bond acceptors (Lipinski definition) is 2. The van der Waals surface area contributed by atoms with Gasteiger partial charge in [0, 0.05) is 6.04 Å². The number of hydrogen-bond donors (Lipinski definition) is 1. The first-order chi connectivity index (χ1) is 9.60. The molecule has 2 heteroatoms. The SMILES string of the molecule is CCCCCCCCC(N)c1cc(C)c(OC)c(C)c1. The summed E-state index contributed by atoms with van der Waals surface area (Å²) in [5.74, 6) is 0.987. The molecule has 0 heterocycles.